The second kappa shape index (κ2) is 7.88. The van der Waals surface area contributed by atoms with Crippen LogP contribution < -0.4 is 10.1 Å². The number of nitrogens with one attached hydrogen (secondary N) is 1. The molecule has 1 atom stereocenters. The van der Waals surface area contributed by atoms with Gasteiger partial charge in [-0.05, 0) is 25.1 Å². The molecule has 0 heterocycles. The molecule has 1 amide bonds. The fraction of sp³-hybridized carbons (Fsp3) is 0.278. The van der Waals surface area contributed by atoms with Crippen molar-refractivity contribution in [3.05, 3.63) is 65.7 Å². The summed E-state index contributed by atoms with van der Waals surface area (Å²) < 4.78 is 37.9. The second-order valence-corrected chi connectivity index (χ2v) is 5.41. The predicted octanol–water partition coefficient (Wildman–Crippen LogP) is 3.02. The molecule has 0 aliphatic heterocycles. The molecule has 0 fully saturated rings. The van der Waals surface area contributed by atoms with E-state index in [4.69, 9.17) is 9.47 Å². The van der Waals surface area contributed by atoms with Gasteiger partial charge in [-0.25, -0.2) is 8.78 Å². The Kier molecular flexibility index (Phi) is 5.87. The molecule has 0 saturated heterocycles. The average Bonchev–Trinajstić information content (AvgIpc) is 2.59. The average molecular weight is 335 g/mol. The van der Waals surface area contributed by atoms with Gasteiger partial charge in [-0.2, -0.15) is 0 Å². The molecule has 0 bridgehead atoms. The number of carbonyl (C=O) groups is 1. The van der Waals surface area contributed by atoms with E-state index in [0.29, 0.717) is 5.56 Å². The van der Waals surface area contributed by atoms with Gasteiger partial charge in [0.05, 0.1) is 6.54 Å². The Labute approximate surface area is 139 Å². The molecule has 4 nitrogen and oxygen atoms in total. The van der Waals surface area contributed by atoms with Gasteiger partial charge in [0, 0.05) is 12.7 Å². The van der Waals surface area contributed by atoms with Gasteiger partial charge in [0.25, 0.3) is 5.91 Å². The molecule has 1 unspecified atom stereocenters. The molecule has 0 aliphatic carbocycles. The molecular weight excluding hydrogens is 316 g/mol. The van der Waals surface area contributed by atoms with Crippen molar-refractivity contribution in [1.82, 2.24) is 5.32 Å². The number of ether oxygens (including phenoxy) is 2. The standard InChI is InChI=1S/C18H19F2NO3/c1-18(23-2,13-7-3-4-8-14(13)19)12-21-17(22)11-24-16-10-6-5-9-15(16)20/h3-10H,11-12H2,1-2H3,(H,21,22). The van der Waals surface area contributed by atoms with Crippen molar-refractivity contribution in [3.63, 3.8) is 0 Å². The molecule has 2 aromatic rings. The first kappa shape index (κ1) is 17.9. The Bertz CT molecular complexity index is 708. The van der Waals surface area contributed by atoms with Gasteiger partial charge in [-0.15, -0.1) is 0 Å². The first-order chi connectivity index (χ1) is 11.5. The van der Waals surface area contributed by atoms with E-state index in [-0.39, 0.29) is 18.9 Å². The van der Waals surface area contributed by atoms with E-state index < -0.39 is 23.1 Å². The maximum atomic E-state index is 14.0. The highest BCUT2D eigenvalue weighted by atomic mass is 19.1. The first-order valence-electron chi connectivity index (χ1n) is 7.40. The van der Waals surface area contributed by atoms with E-state index in [1.807, 2.05) is 0 Å². The first-order valence-corrected chi connectivity index (χ1v) is 7.40. The van der Waals surface area contributed by atoms with Gasteiger partial charge >= 0.3 is 0 Å². The lowest BCUT2D eigenvalue weighted by atomic mass is 9.95. The summed E-state index contributed by atoms with van der Waals surface area (Å²) >= 11 is 0. The summed E-state index contributed by atoms with van der Waals surface area (Å²) in [5.74, 6) is -1.42. The second-order valence-electron chi connectivity index (χ2n) is 5.41. The summed E-state index contributed by atoms with van der Waals surface area (Å²) in [4.78, 5) is 11.9. The molecule has 0 radical (unpaired) electrons. The van der Waals surface area contributed by atoms with E-state index in [1.165, 1.54) is 31.4 Å². The third-order valence-corrected chi connectivity index (χ3v) is 3.71. The van der Waals surface area contributed by atoms with Crippen LogP contribution in [0.1, 0.15) is 12.5 Å². The Balaban J connectivity index is 1.94. The van der Waals surface area contributed by atoms with Crippen molar-refractivity contribution in [2.24, 2.45) is 0 Å². The summed E-state index contributed by atoms with van der Waals surface area (Å²) in [7, 11) is 1.44. The number of hydrogen-bond donors (Lipinski definition) is 1. The number of carbonyl (C=O) groups excluding carboxylic acids is 1. The van der Waals surface area contributed by atoms with Crippen LogP contribution in [0.3, 0.4) is 0 Å². The van der Waals surface area contributed by atoms with Crippen LogP contribution in [0.5, 0.6) is 5.75 Å². The van der Waals surface area contributed by atoms with Crippen LogP contribution in [0, 0.1) is 11.6 Å². The zero-order valence-corrected chi connectivity index (χ0v) is 13.5. The van der Waals surface area contributed by atoms with Crippen LogP contribution in [0.15, 0.2) is 48.5 Å². The minimum Gasteiger partial charge on any atom is -0.481 e. The van der Waals surface area contributed by atoms with Gasteiger partial charge < -0.3 is 14.8 Å². The predicted molar refractivity (Wildman–Crippen MR) is 85.7 cm³/mol. The van der Waals surface area contributed by atoms with Crippen LogP contribution >= 0.6 is 0 Å². The number of rotatable bonds is 7. The van der Waals surface area contributed by atoms with Crippen LogP contribution in [-0.4, -0.2) is 26.2 Å². The number of amides is 1. The van der Waals surface area contributed by atoms with E-state index in [0.717, 1.165) is 0 Å². The van der Waals surface area contributed by atoms with E-state index in [2.05, 4.69) is 5.32 Å². The van der Waals surface area contributed by atoms with Crippen molar-refractivity contribution in [2.45, 2.75) is 12.5 Å². The smallest absolute Gasteiger partial charge is 0.258 e. The van der Waals surface area contributed by atoms with Crippen LogP contribution in [-0.2, 0) is 15.1 Å². The summed E-state index contributed by atoms with van der Waals surface area (Å²) in [6, 6.07) is 12.0. The molecule has 6 heteroatoms. The van der Waals surface area contributed by atoms with Crippen molar-refractivity contribution in [1.29, 1.82) is 0 Å². The third-order valence-electron chi connectivity index (χ3n) is 3.71. The van der Waals surface area contributed by atoms with Gasteiger partial charge in [0.15, 0.2) is 18.2 Å². The third kappa shape index (κ3) is 4.29. The Morgan fingerprint density at radius 3 is 2.33 bits per heavy atom. The molecule has 0 aliphatic rings. The highest BCUT2D eigenvalue weighted by molar-refractivity contribution is 5.77. The van der Waals surface area contributed by atoms with Gasteiger partial charge in [-0.1, -0.05) is 30.3 Å². The summed E-state index contributed by atoms with van der Waals surface area (Å²) in [6.07, 6.45) is 0. The molecule has 2 rings (SSSR count). The quantitative estimate of drug-likeness (QED) is 0.846. The fourth-order valence-corrected chi connectivity index (χ4v) is 2.19. The maximum Gasteiger partial charge on any atom is 0.258 e. The zero-order valence-electron chi connectivity index (χ0n) is 13.5. The highest BCUT2D eigenvalue weighted by Gasteiger charge is 2.29. The van der Waals surface area contributed by atoms with E-state index >= 15 is 0 Å². The van der Waals surface area contributed by atoms with Crippen LogP contribution in [0.25, 0.3) is 0 Å². The van der Waals surface area contributed by atoms with Crippen molar-refractivity contribution >= 4 is 5.91 Å². The topological polar surface area (TPSA) is 47.6 Å². The lowest BCUT2D eigenvalue weighted by molar-refractivity contribution is -0.124. The lowest BCUT2D eigenvalue weighted by Crippen LogP contribution is -2.42. The molecule has 128 valence electrons. The number of para-hydroxylation sites is 1. The molecule has 0 spiro atoms. The van der Waals surface area contributed by atoms with Gasteiger partial charge in [0.2, 0.25) is 0 Å². The number of hydrogen-bond acceptors (Lipinski definition) is 3. The SMILES string of the molecule is COC(C)(CNC(=O)COc1ccccc1F)c1ccccc1F. The molecular formula is C18H19F2NO3. The van der Waals surface area contributed by atoms with Crippen molar-refractivity contribution in [2.75, 3.05) is 20.3 Å². The number of benzene rings is 2. The zero-order chi connectivity index (χ0) is 17.6. The molecule has 24 heavy (non-hydrogen) atoms. The largest absolute Gasteiger partial charge is 0.481 e. The minimum absolute atomic E-state index is 0.00347. The van der Waals surface area contributed by atoms with Gasteiger partial charge in [-0.3, -0.25) is 4.79 Å². The lowest BCUT2D eigenvalue weighted by Gasteiger charge is -2.29. The summed E-state index contributed by atoms with van der Waals surface area (Å²) in [5, 5.41) is 2.61. The Morgan fingerprint density at radius 2 is 1.71 bits per heavy atom. The Hall–Kier alpha value is -2.47. The molecule has 0 aromatic heterocycles. The maximum absolute atomic E-state index is 14.0. The van der Waals surface area contributed by atoms with E-state index in [9.17, 15) is 13.6 Å². The molecule has 2 aromatic carbocycles. The van der Waals surface area contributed by atoms with Crippen molar-refractivity contribution in [3.8, 4) is 5.75 Å². The fourth-order valence-electron chi connectivity index (χ4n) is 2.19. The highest BCUT2D eigenvalue weighted by Crippen LogP contribution is 2.26. The Morgan fingerprint density at radius 1 is 1.08 bits per heavy atom. The molecule has 0 saturated carbocycles. The van der Waals surface area contributed by atoms with E-state index in [1.54, 1.807) is 31.2 Å². The van der Waals surface area contributed by atoms with Crippen LogP contribution in [0.2, 0.25) is 0 Å². The summed E-state index contributed by atoms with van der Waals surface area (Å²) in [5.41, 5.74) is -0.693. The normalized spacial score (nSPS) is 13.2. The number of halogens is 2. The monoisotopic (exact) mass is 335 g/mol. The number of methoxy groups -OCH3 is 1. The summed E-state index contributed by atoms with van der Waals surface area (Å²) in [6.45, 7) is 1.37. The molecule has 1 N–H and O–H groups in total. The van der Waals surface area contributed by atoms with Crippen molar-refractivity contribution < 1.29 is 23.0 Å². The minimum atomic E-state index is -1.03. The van der Waals surface area contributed by atoms with Crippen LogP contribution in [0.4, 0.5) is 8.78 Å². The van der Waals surface area contributed by atoms with Gasteiger partial charge in [0.1, 0.15) is 11.4 Å².